The normalized spacial score (nSPS) is 19.4. The van der Waals surface area contributed by atoms with E-state index in [1.165, 1.54) is 10.5 Å². The van der Waals surface area contributed by atoms with Crippen LogP contribution in [0, 0.1) is 5.92 Å². The highest BCUT2D eigenvalue weighted by atomic mass is 16.6. The lowest BCUT2D eigenvalue weighted by Crippen LogP contribution is -2.54. The number of carbonyl (C=O) groups is 5. The number of Topliss-reactive ketones (excluding diaryl/α,β-unsaturated/α-hetero) is 1. The van der Waals surface area contributed by atoms with Crippen molar-refractivity contribution in [2.45, 2.75) is 57.8 Å². The number of rotatable bonds is 8. The van der Waals surface area contributed by atoms with Gasteiger partial charge in [0.1, 0.15) is 18.4 Å². The van der Waals surface area contributed by atoms with Crippen molar-refractivity contribution in [1.29, 1.82) is 0 Å². The van der Waals surface area contributed by atoms with Gasteiger partial charge in [0.05, 0.1) is 12.6 Å². The van der Waals surface area contributed by atoms with Crippen molar-refractivity contribution in [3.8, 4) is 0 Å². The second kappa shape index (κ2) is 12.0. The summed E-state index contributed by atoms with van der Waals surface area (Å²) in [6.07, 6.45) is 0.354. The number of carbonyl (C=O) groups excluding carboxylic acids is 5. The highest BCUT2D eigenvalue weighted by molar-refractivity contribution is 6.37. The van der Waals surface area contributed by atoms with Crippen LogP contribution in [0.5, 0.6) is 0 Å². The highest BCUT2D eigenvalue weighted by Crippen LogP contribution is 2.24. The van der Waals surface area contributed by atoms with Crippen LogP contribution in [0.4, 0.5) is 4.79 Å². The first-order valence-corrected chi connectivity index (χ1v) is 12.9. The van der Waals surface area contributed by atoms with Crippen LogP contribution >= 0.6 is 0 Å². The van der Waals surface area contributed by atoms with Crippen LogP contribution in [-0.2, 0) is 43.3 Å². The van der Waals surface area contributed by atoms with E-state index in [-0.39, 0.29) is 25.3 Å². The van der Waals surface area contributed by atoms with E-state index in [1.54, 1.807) is 43.0 Å². The Labute approximate surface area is 222 Å². The Balaban J connectivity index is 1.36. The summed E-state index contributed by atoms with van der Waals surface area (Å²) in [7, 11) is 0. The van der Waals surface area contributed by atoms with Gasteiger partial charge < -0.3 is 24.6 Å². The molecule has 2 aliphatic rings. The molecule has 2 aliphatic heterocycles. The molecule has 2 heterocycles. The fourth-order valence-corrected chi connectivity index (χ4v) is 4.94. The van der Waals surface area contributed by atoms with Crippen molar-refractivity contribution in [1.82, 2.24) is 15.1 Å². The molecule has 2 aromatic rings. The lowest BCUT2D eigenvalue weighted by Gasteiger charge is -2.30. The molecule has 200 valence electrons. The maximum absolute atomic E-state index is 13.4. The molecule has 2 aromatic carbocycles. The summed E-state index contributed by atoms with van der Waals surface area (Å²) in [6, 6.07) is 15.0. The molecule has 1 saturated heterocycles. The van der Waals surface area contributed by atoms with Crippen LogP contribution in [-0.4, -0.2) is 71.1 Å². The molecule has 1 N–H and O–H groups in total. The number of ketones is 1. The maximum atomic E-state index is 13.4. The number of amides is 3. The first kappa shape index (κ1) is 27.0. The molecule has 1 fully saturated rings. The molecule has 0 bridgehead atoms. The van der Waals surface area contributed by atoms with E-state index in [1.807, 2.05) is 30.3 Å². The van der Waals surface area contributed by atoms with Crippen LogP contribution in [0.2, 0.25) is 0 Å². The number of ether oxygens (including phenoxy) is 1. The number of aldehydes is 1. The van der Waals surface area contributed by atoms with E-state index in [4.69, 9.17) is 4.74 Å². The Morgan fingerprint density at radius 1 is 1.03 bits per heavy atom. The Morgan fingerprint density at radius 3 is 2.39 bits per heavy atom. The predicted octanol–water partition coefficient (Wildman–Crippen LogP) is 2.30. The predicted molar refractivity (Wildman–Crippen MR) is 139 cm³/mol. The van der Waals surface area contributed by atoms with Crippen LogP contribution in [0.15, 0.2) is 54.6 Å². The molecule has 9 nitrogen and oxygen atoms in total. The summed E-state index contributed by atoms with van der Waals surface area (Å²) >= 11 is 0. The second-order valence-electron chi connectivity index (χ2n) is 10.2. The average Bonchev–Trinajstić information content (AvgIpc) is 3.34. The number of nitrogens with one attached hydrogen (secondary N) is 1. The molecule has 0 saturated carbocycles. The third kappa shape index (κ3) is 6.27. The molecule has 9 heteroatoms. The Kier molecular flexibility index (Phi) is 8.55. The minimum atomic E-state index is -1.00. The second-order valence-corrected chi connectivity index (χ2v) is 10.2. The number of hydrogen-bond donors (Lipinski definition) is 1. The third-order valence-electron chi connectivity index (χ3n) is 7.08. The average molecular weight is 520 g/mol. The molecule has 0 aromatic heterocycles. The molecular formula is C29H33N3O6. The largest absolute Gasteiger partial charge is 0.444 e. The van der Waals surface area contributed by atoms with Gasteiger partial charge in [-0.2, -0.15) is 0 Å². The van der Waals surface area contributed by atoms with Gasteiger partial charge in [-0.3, -0.25) is 14.4 Å². The summed E-state index contributed by atoms with van der Waals surface area (Å²) in [5, 5.41) is 2.56. The van der Waals surface area contributed by atoms with Gasteiger partial charge in [0, 0.05) is 25.9 Å². The van der Waals surface area contributed by atoms with E-state index in [0.29, 0.717) is 24.9 Å². The van der Waals surface area contributed by atoms with Gasteiger partial charge >= 0.3 is 6.09 Å². The SMILES string of the molecule is CC(C)[C@H](NC(=O)C(=O)Cc1ccccc1)C(=O)N1C[C@H](OC(=O)N2CCc3ccccc3C2)C[C@H]1C=O. The van der Waals surface area contributed by atoms with E-state index >= 15 is 0 Å². The van der Waals surface area contributed by atoms with Crippen LogP contribution < -0.4 is 5.32 Å². The van der Waals surface area contributed by atoms with Crippen molar-refractivity contribution < 1.29 is 28.7 Å². The molecule has 0 spiro atoms. The van der Waals surface area contributed by atoms with Gasteiger partial charge in [-0.1, -0.05) is 68.4 Å². The maximum Gasteiger partial charge on any atom is 0.410 e. The lowest BCUT2D eigenvalue weighted by atomic mass is 10.0. The zero-order valence-electron chi connectivity index (χ0n) is 21.7. The quantitative estimate of drug-likeness (QED) is 0.423. The fraction of sp³-hybridized carbons (Fsp3) is 0.414. The summed E-state index contributed by atoms with van der Waals surface area (Å²) in [6.45, 7) is 4.51. The van der Waals surface area contributed by atoms with Gasteiger partial charge in [-0.05, 0) is 29.0 Å². The summed E-state index contributed by atoms with van der Waals surface area (Å²) in [4.78, 5) is 66.2. The van der Waals surface area contributed by atoms with E-state index in [9.17, 15) is 24.0 Å². The first-order valence-electron chi connectivity index (χ1n) is 12.9. The van der Waals surface area contributed by atoms with Crippen LogP contribution in [0.1, 0.15) is 37.0 Å². The highest BCUT2D eigenvalue weighted by Gasteiger charge is 2.41. The number of nitrogens with zero attached hydrogens (tertiary/aromatic N) is 2. The molecule has 4 rings (SSSR count). The lowest BCUT2D eigenvalue weighted by molar-refractivity contribution is -0.143. The Hall–Kier alpha value is -4.01. The molecule has 0 unspecified atom stereocenters. The fourth-order valence-electron chi connectivity index (χ4n) is 4.94. The van der Waals surface area contributed by atoms with Crippen molar-refractivity contribution in [2.24, 2.45) is 5.92 Å². The summed E-state index contributed by atoms with van der Waals surface area (Å²) < 4.78 is 5.70. The Morgan fingerprint density at radius 2 is 1.71 bits per heavy atom. The summed E-state index contributed by atoms with van der Waals surface area (Å²) in [5.74, 6) is -2.32. The zero-order valence-corrected chi connectivity index (χ0v) is 21.7. The molecule has 38 heavy (non-hydrogen) atoms. The van der Waals surface area contributed by atoms with Crippen molar-refractivity contribution in [2.75, 3.05) is 13.1 Å². The molecule has 3 amide bonds. The van der Waals surface area contributed by atoms with E-state index in [2.05, 4.69) is 5.32 Å². The van der Waals surface area contributed by atoms with E-state index < -0.39 is 41.9 Å². The molecule has 0 radical (unpaired) electrons. The van der Waals surface area contributed by atoms with Gasteiger partial charge in [-0.15, -0.1) is 0 Å². The van der Waals surface area contributed by atoms with E-state index in [0.717, 1.165) is 12.0 Å². The number of hydrogen-bond acceptors (Lipinski definition) is 6. The molecule has 0 aliphatic carbocycles. The third-order valence-corrected chi connectivity index (χ3v) is 7.08. The van der Waals surface area contributed by atoms with Crippen molar-refractivity contribution in [3.05, 3.63) is 71.3 Å². The number of likely N-dealkylation sites (tertiary alicyclic amines) is 1. The van der Waals surface area contributed by atoms with Crippen molar-refractivity contribution in [3.63, 3.8) is 0 Å². The standard InChI is InChI=1S/C29H33N3O6/c1-19(2)26(30-27(35)25(34)14-20-8-4-3-5-9-20)28(36)32-17-24(15-23(32)18-33)38-29(37)31-13-12-21-10-6-7-11-22(21)16-31/h3-11,18-19,23-24,26H,12-17H2,1-2H3,(H,30,35)/t23-,24+,26-/m0/s1. The minimum Gasteiger partial charge on any atom is -0.444 e. The smallest absolute Gasteiger partial charge is 0.410 e. The monoisotopic (exact) mass is 519 g/mol. The molecule has 3 atom stereocenters. The van der Waals surface area contributed by atoms with Crippen LogP contribution in [0.25, 0.3) is 0 Å². The van der Waals surface area contributed by atoms with Gasteiger partial charge in [0.2, 0.25) is 11.7 Å². The first-order chi connectivity index (χ1) is 18.3. The minimum absolute atomic E-state index is 0.0372. The van der Waals surface area contributed by atoms with Crippen LogP contribution in [0.3, 0.4) is 0 Å². The Bertz CT molecular complexity index is 1200. The van der Waals surface area contributed by atoms with Gasteiger partial charge in [-0.25, -0.2) is 4.79 Å². The molecular weight excluding hydrogens is 486 g/mol. The number of fused-ring (bicyclic) bond motifs is 1. The van der Waals surface area contributed by atoms with Crippen molar-refractivity contribution >= 4 is 30.0 Å². The van der Waals surface area contributed by atoms with Gasteiger partial charge in [0.25, 0.3) is 5.91 Å². The number of benzene rings is 2. The zero-order chi connectivity index (χ0) is 27.2. The van der Waals surface area contributed by atoms with Gasteiger partial charge in [0.15, 0.2) is 0 Å². The topological polar surface area (TPSA) is 113 Å². The summed E-state index contributed by atoms with van der Waals surface area (Å²) in [5.41, 5.74) is 2.98.